The number of amides is 1. The summed E-state index contributed by atoms with van der Waals surface area (Å²) in [6, 6.07) is 4.91. The van der Waals surface area contributed by atoms with Gasteiger partial charge in [-0.05, 0) is 25.1 Å². The van der Waals surface area contributed by atoms with Crippen molar-refractivity contribution in [2.75, 3.05) is 31.3 Å². The van der Waals surface area contributed by atoms with Gasteiger partial charge in [0.25, 0.3) is 5.91 Å². The molecule has 0 aliphatic heterocycles. The number of rotatable bonds is 4. The molecule has 5 nitrogen and oxygen atoms in total. The first kappa shape index (κ1) is 13.3. The molecule has 94 valence electrons. The highest BCUT2D eigenvalue weighted by molar-refractivity contribution is 6.00. The van der Waals surface area contributed by atoms with Gasteiger partial charge in [-0.1, -0.05) is 0 Å². The Morgan fingerprint density at radius 3 is 2.71 bits per heavy atom. The smallest absolute Gasteiger partial charge is 0.253 e. The highest BCUT2D eigenvalue weighted by Gasteiger charge is 2.14. The van der Waals surface area contributed by atoms with E-state index >= 15 is 0 Å². The van der Waals surface area contributed by atoms with Gasteiger partial charge in [0.15, 0.2) is 0 Å². The minimum atomic E-state index is -0.279. The van der Waals surface area contributed by atoms with Gasteiger partial charge in [0.05, 0.1) is 12.2 Å². The van der Waals surface area contributed by atoms with E-state index in [1.807, 2.05) is 19.0 Å². The first-order chi connectivity index (χ1) is 7.95. The number of aliphatic hydroxyl groups is 1. The van der Waals surface area contributed by atoms with Crippen LogP contribution in [0.3, 0.4) is 0 Å². The Kier molecular flexibility index (Phi) is 4.34. The SMILES string of the molecule is CC(CO)NC(=O)c1cc(N)ccc1N(C)C. The molecule has 0 aromatic heterocycles. The van der Waals surface area contributed by atoms with E-state index in [1.165, 1.54) is 0 Å². The third kappa shape index (κ3) is 3.35. The van der Waals surface area contributed by atoms with Crippen LogP contribution in [0.15, 0.2) is 18.2 Å². The number of nitrogens with one attached hydrogen (secondary N) is 1. The quantitative estimate of drug-likeness (QED) is 0.664. The summed E-state index contributed by atoms with van der Waals surface area (Å²) < 4.78 is 0. The topological polar surface area (TPSA) is 78.6 Å². The van der Waals surface area contributed by atoms with Crippen molar-refractivity contribution >= 4 is 17.3 Å². The molecule has 0 spiro atoms. The van der Waals surface area contributed by atoms with Crippen molar-refractivity contribution in [2.45, 2.75) is 13.0 Å². The highest BCUT2D eigenvalue weighted by atomic mass is 16.3. The molecule has 1 unspecified atom stereocenters. The Labute approximate surface area is 101 Å². The second-order valence-corrected chi connectivity index (χ2v) is 4.23. The van der Waals surface area contributed by atoms with Crippen molar-refractivity contribution in [1.82, 2.24) is 5.32 Å². The molecule has 0 heterocycles. The van der Waals surface area contributed by atoms with Crippen LogP contribution in [0.2, 0.25) is 0 Å². The van der Waals surface area contributed by atoms with E-state index in [-0.39, 0.29) is 18.6 Å². The molecule has 0 aliphatic carbocycles. The van der Waals surface area contributed by atoms with Crippen molar-refractivity contribution in [3.63, 3.8) is 0 Å². The van der Waals surface area contributed by atoms with Crippen LogP contribution in [0.4, 0.5) is 11.4 Å². The Bertz CT molecular complexity index is 405. The molecule has 0 radical (unpaired) electrons. The second-order valence-electron chi connectivity index (χ2n) is 4.23. The van der Waals surface area contributed by atoms with E-state index in [0.717, 1.165) is 5.69 Å². The van der Waals surface area contributed by atoms with Crippen molar-refractivity contribution in [3.8, 4) is 0 Å². The van der Waals surface area contributed by atoms with Crippen LogP contribution < -0.4 is 16.0 Å². The lowest BCUT2D eigenvalue weighted by Crippen LogP contribution is -2.35. The number of hydrogen-bond acceptors (Lipinski definition) is 4. The molecule has 1 aromatic rings. The maximum Gasteiger partial charge on any atom is 0.253 e. The van der Waals surface area contributed by atoms with E-state index in [0.29, 0.717) is 11.3 Å². The van der Waals surface area contributed by atoms with Crippen LogP contribution in [-0.4, -0.2) is 37.8 Å². The number of nitrogens with two attached hydrogens (primary N) is 1. The van der Waals surface area contributed by atoms with E-state index in [4.69, 9.17) is 10.8 Å². The minimum absolute atomic E-state index is 0.0919. The van der Waals surface area contributed by atoms with Crippen LogP contribution in [0.25, 0.3) is 0 Å². The number of hydrogen-bond donors (Lipinski definition) is 3. The van der Waals surface area contributed by atoms with Crippen LogP contribution in [-0.2, 0) is 0 Å². The summed E-state index contributed by atoms with van der Waals surface area (Å²) in [6.45, 7) is 1.64. The predicted octanol–water partition coefficient (Wildman–Crippen LogP) is 0.445. The summed E-state index contributed by atoms with van der Waals surface area (Å²) >= 11 is 0. The lowest BCUT2D eigenvalue weighted by molar-refractivity contribution is 0.0923. The zero-order chi connectivity index (χ0) is 13.0. The van der Waals surface area contributed by atoms with Crippen molar-refractivity contribution < 1.29 is 9.90 Å². The third-order valence-electron chi connectivity index (χ3n) is 2.40. The maximum atomic E-state index is 12.0. The fraction of sp³-hybridized carbons (Fsp3) is 0.417. The summed E-state index contributed by atoms with van der Waals surface area (Å²) in [6.07, 6.45) is 0. The first-order valence-electron chi connectivity index (χ1n) is 5.44. The minimum Gasteiger partial charge on any atom is -0.399 e. The first-order valence-corrected chi connectivity index (χ1v) is 5.44. The number of benzene rings is 1. The monoisotopic (exact) mass is 237 g/mol. The summed E-state index contributed by atoms with van der Waals surface area (Å²) in [5, 5.41) is 11.6. The van der Waals surface area contributed by atoms with Crippen LogP contribution in [0.1, 0.15) is 17.3 Å². The molecule has 4 N–H and O–H groups in total. The van der Waals surface area contributed by atoms with Gasteiger partial charge in [-0.25, -0.2) is 0 Å². The van der Waals surface area contributed by atoms with Gasteiger partial charge in [-0.2, -0.15) is 0 Å². The van der Waals surface area contributed by atoms with Gasteiger partial charge < -0.3 is 21.1 Å². The molecular formula is C12H19N3O2. The van der Waals surface area contributed by atoms with E-state index in [1.54, 1.807) is 25.1 Å². The zero-order valence-electron chi connectivity index (χ0n) is 10.4. The molecule has 0 saturated carbocycles. The maximum absolute atomic E-state index is 12.0. The molecule has 0 fully saturated rings. The summed E-state index contributed by atoms with van der Waals surface area (Å²) in [5.74, 6) is -0.234. The molecule has 0 bridgehead atoms. The summed E-state index contributed by atoms with van der Waals surface area (Å²) in [7, 11) is 3.72. The lowest BCUT2D eigenvalue weighted by Gasteiger charge is -2.19. The Balaban J connectivity index is 3.02. The van der Waals surface area contributed by atoms with Crippen LogP contribution in [0.5, 0.6) is 0 Å². The van der Waals surface area contributed by atoms with Crippen molar-refractivity contribution in [1.29, 1.82) is 0 Å². The molecule has 5 heteroatoms. The summed E-state index contributed by atoms with van der Waals surface area (Å²) in [5.41, 5.74) is 7.52. The van der Waals surface area contributed by atoms with Crippen molar-refractivity contribution in [2.24, 2.45) is 0 Å². The molecule has 17 heavy (non-hydrogen) atoms. The molecule has 1 atom stereocenters. The van der Waals surface area contributed by atoms with Gasteiger partial charge >= 0.3 is 0 Å². The molecule has 1 rings (SSSR count). The van der Waals surface area contributed by atoms with Gasteiger partial charge in [0.1, 0.15) is 0 Å². The Morgan fingerprint density at radius 1 is 1.53 bits per heavy atom. The number of anilines is 2. The fourth-order valence-corrected chi connectivity index (χ4v) is 1.47. The molecule has 0 saturated heterocycles. The average molecular weight is 237 g/mol. The molecule has 0 aliphatic rings. The number of carbonyl (C=O) groups excluding carboxylic acids is 1. The number of nitrogen functional groups attached to an aromatic ring is 1. The fourth-order valence-electron chi connectivity index (χ4n) is 1.47. The number of carbonyl (C=O) groups is 1. The van der Waals surface area contributed by atoms with Gasteiger partial charge in [0.2, 0.25) is 0 Å². The molecule has 1 amide bonds. The standard InChI is InChI=1S/C12H19N3O2/c1-8(7-16)14-12(17)10-6-9(13)4-5-11(10)15(2)3/h4-6,8,16H,7,13H2,1-3H3,(H,14,17). The van der Waals surface area contributed by atoms with Gasteiger partial charge in [-0.15, -0.1) is 0 Å². The van der Waals surface area contributed by atoms with Gasteiger partial charge in [0, 0.05) is 31.5 Å². The summed E-state index contributed by atoms with van der Waals surface area (Å²) in [4.78, 5) is 13.8. The Hall–Kier alpha value is -1.75. The molecular weight excluding hydrogens is 218 g/mol. The normalized spacial score (nSPS) is 12.0. The van der Waals surface area contributed by atoms with E-state index < -0.39 is 0 Å². The Morgan fingerprint density at radius 2 is 2.18 bits per heavy atom. The highest BCUT2D eigenvalue weighted by Crippen LogP contribution is 2.21. The lowest BCUT2D eigenvalue weighted by atomic mass is 10.1. The van der Waals surface area contributed by atoms with Gasteiger partial charge in [-0.3, -0.25) is 4.79 Å². The van der Waals surface area contributed by atoms with E-state index in [9.17, 15) is 4.79 Å². The second kappa shape index (κ2) is 5.54. The average Bonchev–Trinajstić information content (AvgIpc) is 2.28. The largest absolute Gasteiger partial charge is 0.399 e. The number of nitrogens with zero attached hydrogens (tertiary/aromatic N) is 1. The number of aliphatic hydroxyl groups excluding tert-OH is 1. The van der Waals surface area contributed by atoms with E-state index in [2.05, 4.69) is 5.32 Å². The molecule has 1 aromatic carbocycles. The van der Waals surface area contributed by atoms with Crippen LogP contribution >= 0.6 is 0 Å². The van der Waals surface area contributed by atoms with Crippen molar-refractivity contribution in [3.05, 3.63) is 23.8 Å². The third-order valence-corrected chi connectivity index (χ3v) is 2.40. The van der Waals surface area contributed by atoms with Crippen LogP contribution in [0, 0.1) is 0 Å². The zero-order valence-corrected chi connectivity index (χ0v) is 10.4. The predicted molar refractivity (Wildman–Crippen MR) is 69.2 cm³/mol.